The Hall–Kier alpha value is -2.71. The van der Waals surface area contributed by atoms with Crippen molar-refractivity contribution in [3.05, 3.63) is 48.0 Å². The van der Waals surface area contributed by atoms with Crippen LogP contribution in [0.25, 0.3) is 0 Å². The molecule has 1 saturated heterocycles. The van der Waals surface area contributed by atoms with Crippen LogP contribution < -0.4 is 5.32 Å². The van der Waals surface area contributed by atoms with Gasteiger partial charge in [-0.2, -0.15) is 0 Å². The van der Waals surface area contributed by atoms with Gasteiger partial charge in [0, 0.05) is 19.4 Å². The zero-order valence-electron chi connectivity index (χ0n) is 19.7. The maximum Gasteiger partial charge on any atom is 0.305 e. The number of carbonyl (C=O) groups excluding carboxylic acids is 3. The number of benzene rings is 1. The molecule has 0 bridgehead atoms. The molecule has 0 aromatic heterocycles. The maximum absolute atomic E-state index is 13.2. The predicted molar refractivity (Wildman–Crippen MR) is 127 cm³/mol. The fraction of sp³-hybridized carbons (Fsp3) is 0.577. The number of nitrogens with one attached hydrogen (secondary N) is 1. The van der Waals surface area contributed by atoms with Gasteiger partial charge in [-0.15, -0.1) is 0 Å². The third kappa shape index (κ3) is 8.25. The molecule has 3 atom stereocenters. The largest absolute Gasteiger partial charge is 0.463 e. The summed E-state index contributed by atoms with van der Waals surface area (Å²) in [6.45, 7) is 1.13. The van der Waals surface area contributed by atoms with Crippen LogP contribution in [0.1, 0.15) is 50.5 Å². The molecule has 3 rings (SSSR count). The molecule has 34 heavy (non-hydrogen) atoms. The number of aliphatic hydroxyl groups is 1. The highest BCUT2D eigenvalue weighted by Crippen LogP contribution is 2.21. The minimum atomic E-state index is -0.545. The van der Waals surface area contributed by atoms with Gasteiger partial charge in [0.1, 0.15) is 6.61 Å². The maximum atomic E-state index is 13.2. The average molecular weight is 473 g/mol. The van der Waals surface area contributed by atoms with Crippen molar-refractivity contribution in [1.82, 2.24) is 10.2 Å². The standard InChI is InChI=1S/C26H36N2O6/c29-16-23-12-8-14-28(23)24(30)15-21-11-6-1-2-7-13-25(31)34-19-22(27-26(21)32)18-33-17-20-9-4-3-5-10-20/h1,3-6,9-10,21-23,29H,2,7-8,11-19H2,(H,27,32)/t21-,22+,23+/m1/s1. The molecule has 2 aliphatic heterocycles. The molecular weight excluding hydrogens is 436 g/mol. The number of hydrogen-bond acceptors (Lipinski definition) is 6. The first kappa shape index (κ1) is 25.9. The number of likely N-dealkylation sites (tertiary alicyclic amines) is 1. The Bertz CT molecular complexity index is 828. The molecule has 186 valence electrons. The second-order valence-electron chi connectivity index (χ2n) is 8.96. The summed E-state index contributed by atoms with van der Waals surface area (Å²) in [5.41, 5.74) is 1.01. The molecule has 2 amide bonds. The molecule has 2 N–H and O–H groups in total. The normalized spacial score (nSPS) is 24.5. The van der Waals surface area contributed by atoms with E-state index in [4.69, 9.17) is 9.47 Å². The smallest absolute Gasteiger partial charge is 0.305 e. The predicted octanol–water partition coefficient (Wildman–Crippen LogP) is 2.35. The SMILES string of the molecule is O=C1CCCC=CC[C@H](CC(=O)N2CCC[C@H]2CO)C(=O)N[C@@H](COCc2ccccc2)CO1. The zero-order chi connectivity index (χ0) is 24.2. The average Bonchev–Trinajstić information content (AvgIpc) is 3.33. The summed E-state index contributed by atoms with van der Waals surface area (Å²) in [6.07, 6.45) is 7.70. The Morgan fingerprint density at radius 1 is 1.18 bits per heavy atom. The van der Waals surface area contributed by atoms with Gasteiger partial charge in [-0.05, 0) is 37.7 Å². The molecule has 8 heteroatoms. The molecule has 0 saturated carbocycles. The van der Waals surface area contributed by atoms with Gasteiger partial charge in [-0.1, -0.05) is 42.5 Å². The van der Waals surface area contributed by atoms with E-state index < -0.39 is 12.0 Å². The third-order valence-electron chi connectivity index (χ3n) is 6.26. The lowest BCUT2D eigenvalue weighted by atomic mass is 9.98. The molecule has 2 heterocycles. The zero-order valence-corrected chi connectivity index (χ0v) is 19.7. The van der Waals surface area contributed by atoms with Crippen molar-refractivity contribution in [2.75, 3.05) is 26.4 Å². The van der Waals surface area contributed by atoms with Crippen LogP contribution in [-0.4, -0.2) is 66.2 Å². The van der Waals surface area contributed by atoms with Gasteiger partial charge >= 0.3 is 5.97 Å². The number of aliphatic hydroxyl groups excluding tert-OH is 1. The number of cyclic esters (lactones) is 1. The van der Waals surface area contributed by atoms with Crippen LogP contribution in [0.2, 0.25) is 0 Å². The second kappa shape index (κ2) is 13.9. The molecule has 8 nitrogen and oxygen atoms in total. The van der Waals surface area contributed by atoms with Gasteiger partial charge in [-0.25, -0.2) is 0 Å². The summed E-state index contributed by atoms with van der Waals surface area (Å²) in [4.78, 5) is 39.9. The molecule has 1 aromatic carbocycles. The van der Waals surface area contributed by atoms with Crippen LogP contribution in [0.5, 0.6) is 0 Å². The van der Waals surface area contributed by atoms with Crippen molar-refractivity contribution in [3.63, 3.8) is 0 Å². The lowest BCUT2D eigenvalue weighted by Gasteiger charge is -2.26. The molecule has 0 spiro atoms. The fourth-order valence-corrected chi connectivity index (χ4v) is 4.32. The number of carbonyl (C=O) groups is 3. The van der Waals surface area contributed by atoms with E-state index in [1.807, 2.05) is 42.5 Å². The number of esters is 1. The molecule has 1 aromatic rings. The summed E-state index contributed by atoms with van der Waals surface area (Å²) < 4.78 is 11.2. The monoisotopic (exact) mass is 472 g/mol. The van der Waals surface area contributed by atoms with E-state index in [9.17, 15) is 19.5 Å². The van der Waals surface area contributed by atoms with E-state index in [0.717, 1.165) is 18.4 Å². The van der Waals surface area contributed by atoms with Gasteiger partial charge in [-0.3, -0.25) is 14.4 Å². The lowest BCUT2D eigenvalue weighted by Crippen LogP contribution is -2.46. The molecule has 2 aliphatic rings. The highest BCUT2D eigenvalue weighted by molar-refractivity contribution is 5.86. The number of allylic oxidation sites excluding steroid dienone is 2. The quantitative estimate of drug-likeness (QED) is 0.466. The van der Waals surface area contributed by atoms with Crippen molar-refractivity contribution in [3.8, 4) is 0 Å². The van der Waals surface area contributed by atoms with Crippen LogP contribution in [-0.2, 0) is 30.5 Å². The summed E-state index contributed by atoms with van der Waals surface area (Å²) in [5, 5.41) is 12.5. The highest BCUT2D eigenvalue weighted by atomic mass is 16.5. The van der Waals surface area contributed by atoms with Crippen molar-refractivity contribution in [2.45, 2.75) is 63.6 Å². The van der Waals surface area contributed by atoms with Crippen LogP contribution >= 0.6 is 0 Å². The molecular formula is C26H36N2O6. The Morgan fingerprint density at radius 2 is 2.00 bits per heavy atom. The van der Waals surface area contributed by atoms with E-state index in [1.54, 1.807) is 4.90 Å². The van der Waals surface area contributed by atoms with Crippen molar-refractivity contribution in [2.24, 2.45) is 5.92 Å². The topological polar surface area (TPSA) is 105 Å². The van der Waals surface area contributed by atoms with Gasteiger partial charge in [0.25, 0.3) is 0 Å². The lowest BCUT2D eigenvalue weighted by molar-refractivity contribution is -0.146. The van der Waals surface area contributed by atoms with Gasteiger partial charge in [0.15, 0.2) is 0 Å². The van der Waals surface area contributed by atoms with Gasteiger partial charge in [0.05, 0.1) is 37.8 Å². The second-order valence-corrected chi connectivity index (χ2v) is 8.96. The summed E-state index contributed by atoms with van der Waals surface area (Å²) >= 11 is 0. The fourth-order valence-electron chi connectivity index (χ4n) is 4.32. The van der Waals surface area contributed by atoms with E-state index in [-0.39, 0.29) is 50.1 Å². The van der Waals surface area contributed by atoms with Crippen LogP contribution in [0, 0.1) is 5.92 Å². The number of rotatable bonds is 7. The van der Waals surface area contributed by atoms with Crippen LogP contribution in [0.4, 0.5) is 0 Å². The number of amides is 2. The van der Waals surface area contributed by atoms with Crippen LogP contribution in [0.3, 0.4) is 0 Å². The van der Waals surface area contributed by atoms with Gasteiger partial charge < -0.3 is 24.8 Å². The van der Waals surface area contributed by atoms with Crippen molar-refractivity contribution in [1.29, 1.82) is 0 Å². The van der Waals surface area contributed by atoms with E-state index >= 15 is 0 Å². The first-order chi connectivity index (χ1) is 16.6. The number of hydrogen-bond donors (Lipinski definition) is 2. The Labute approximate surface area is 201 Å². The van der Waals surface area contributed by atoms with E-state index in [2.05, 4.69) is 5.32 Å². The molecule has 0 aliphatic carbocycles. The third-order valence-corrected chi connectivity index (χ3v) is 6.26. The molecule has 0 unspecified atom stereocenters. The summed E-state index contributed by atoms with van der Waals surface area (Å²) in [6, 6.07) is 9.01. The highest BCUT2D eigenvalue weighted by Gasteiger charge is 2.31. The molecule has 0 radical (unpaired) electrons. The minimum absolute atomic E-state index is 0.0200. The number of nitrogens with zero attached hydrogens (tertiary/aromatic N) is 1. The van der Waals surface area contributed by atoms with E-state index in [1.165, 1.54) is 0 Å². The Morgan fingerprint density at radius 3 is 2.79 bits per heavy atom. The minimum Gasteiger partial charge on any atom is -0.463 e. The Kier molecular flexibility index (Phi) is 10.6. The first-order valence-electron chi connectivity index (χ1n) is 12.2. The van der Waals surface area contributed by atoms with Crippen molar-refractivity contribution >= 4 is 17.8 Å². The number of ether oxygens (including phenoxy) is 2. The Balaban J connectivity index is 1.64. The van der Waals surface area contributed by atoms with Crippen molar-refractivity contribution < 1.29 is 29.0 Å². The molecule has 1 fully saturated rings. The summed E-state index contributed by atoms with van der Waals surface area (Å²) in [5.74, 6) is -1.22. The summed E-state index contributed by atoms with van der Waals surface area (Å²) in [7, 11) is 0. The first-order valence-corrected chi connectivity index (χ1v) is 12.2. The van der Waals surface area contributed by atoms with Gasteiger partial charge in [0.2, 0.25) is 11.8 Å². The van der Waals surface area contributed by atoms with E-state index in [0.29, 0.717) is 38.8 Å². The van der Waals surface area contributed by atoms with Crippen LogP contribution in [0.15, 0.2) is 42.5 Å².